The van der Waals surface area contributed by atoms with Gasteiger partial charge in [0.15, 0.2) is 0 Å². The van der Waals surface area contributed by atoms with Crippen LogP contribution in [0.25, 0.3) is 16.6 Å². The second-order valence-electron chi connectivity index (χ2n) is 4.12. The van der Waals surface area contributed by atoms with E-state index in [2.05, 4.69) is 13.0 Å². The van der Waals surface area contributed by atoms with Crippen molar-refractivity contribution in [2.24, 2.45) is 7.05 Å². The maximum Gasteiger partial charge on any atom is 0.275 e. The van der Waals surface area contributed by atoms with Crippen LogP contribution in [0, 0.1) is 6.92 Å². The van der Waals surface area contributed by atoms with Crippen LogP contribution in [-0.4, -0.2) is 8.97 Å². The first kappa shape index (κ1) is 9.21. The van der Waals surface area contributed by atoms with Crippen LogP contribution in [0.1, 0.15) is 5.56 Å². The van der Waals surface area contributed by atoms with Crippen molar-refractivity contribution in [2.75, 3.05) is 0 Å². The van der Waals surface area contributed by atoms with E-state index >= 15 is 0 Å². The van der Waals surface area contributed by atoms with E-state index in [-0.39, 0.29) is 5.56 Å². The van der Waals surface area contributed by atoms with Gasteiger partial charge in [0.1, 0.15) is 5.52 Å². The Hall–Kier alpha value is -2.03. The third-order valence-electron chi connectivity index (χ3n) is 3.02. The number of aromatic nitrogens is 2. The van der Waals surface area contributed by atoms with Gasteiger partial charge in [0.25, 0.3) is 5.56 Å². The summed E-state index contributed by atoms with van der Waals surface area (Å²) in [6.07, 6.45) is 1.93. The topological polar surface area (TPSA) is 26.4 Å². The third kappa shape index (κ3) is 1.05. The zero-order valence-corrected chi connectivity index (χ0v) is 9.27. The van der Waals surface area contributed by atoms with Gasteiger partial charge in [0.05, 0.1) is 11.0 Å². The fraction of sp³-hybridized carbons (Fsp3) is 0.154. The van der Waals surface area contributed by atoms with E-state index in [4.69, 9.17) is 0 Å². The second-order valence-corrected chi connectivity index (χ2v) is 4.12. The van der Waals surface area contributed by atoms with Gasteiger partial charge in [-0.2, -0.15) is 0 Å². The fourth-order valence-electron chi connectivity index (χ4n) is 2.16. The summed E-state index contributed by atoms with van der Waals surface area (Å²) in [7, 11) is 1.81. The summed E-state index contributed by atoms with van der Waals surface area (Å²) in [6, 6.07) is 9.87. The molecule has 3 aromatic rings. The Morgan fingerprint density at radius 2 is 1.88 bits per heavy atom. The van der Waals surface area contributed by atoms with E-state index in [1.165, 1.54) is 5.56 Å². The Kier molecular flexibility index (Phi) is 1.72. The van der Waals surface area contributed by atoms with Gasteiger partial charge in [0.2, 0.25) is 0 Å². The van der Waals surface area contributed by atoms with Gasteiger partial charge in [-0.25, -0.2) is 0 Å². The van der Waals surface area contributed by atoms with Crippen LogP contribution in [-0.2, 0) is 7.05 Å². The second kappa shape index (κ2) is 2.98. The molecular formula is C13H12N2O. The molecular weight excluding hydrogens is 200 g/mol. The third-order valence-corrected chi connectivity index (χ3v) is 3.02. The highest BCUT2D eigenvalue weighted by Crippen LogP contribution is 2.15. The van der Waals surface area contributed by atoms with Crippen molar-refractivity contribution >= 4 is 16.6 Å². The molecule has 3 heteroatoms. The van der Waals surface area contributed by atoms with E-state index in [1.807, 2.05) is 41.9 Å². The highest BCUT2D eigenvalue weighted by molar-refractivity contribution is 5.79. The lowest BCUT2D eigenvalue weighted by Crippen LogP contribution is -2.19. The van der Waals surface area contributed by atoms with E-state index in [0.717, 1.165) is 16.6 Å². The van der Waals surface area contributed by atoms with E-state index in [0.29, 0.717) is 0 Å². The Balaban J connectivity index is 2.72. The molecule has 0 aliphatic carbocycles. The predicted octanol–water partition coefficient (Wildman–Crippen LogP) is 2.10. The summed E-state index contributed by atoms with van der Waals surface area (Å²) in [5.41, 5.74) is 3.99. The number of hydrogen-bond donors (Lipinski definition) is 0. The zero-order valence-electron chi connectivity index (χ0n) is 9.27. The van der Waals surface area contributed by atoms with Crippen molar-refractivity contribution in [1.29, 1.82) is 0 Å². The first-order valence-electron chi connectivity index (χ1n) is 5.25. The molecule has 0 amide bonds. The first-order chi connectivity index (χ1) is 7.68. The number of hydrogen-bond acceptors (Lipinski definition) is 1. The quantitative estimate of drug-likeness (QED) is 0.560. The van der Waals surface area contributed by atoms with Crippen molar-refractivity contribution in [3.8, 4) is 0 Å². The number of benzene rings is 1. The lowest BCUT2D eigenvalue weighted by Gasteiger charge is -2.08. The molecule has 2 aromatic heterocycles. The molecule has 0 aliphatic rings. The van der Waals surface area contributed by atoms with Crippen LogP contribution in [0.2, 0.25) is 0 Å². The zero-order chi connectivity index (χ0) is 11.3. The number of fused-ring (bicyclic) bond motifs is 3. The molecule has 16 heavy (non-hydrogen) atoms. The van der Waals surface area contributed by atoms with Gasteiger partial charge >= 0.3 is 0 Å². The summed E-state index contributed by atoms with van der Waals surface area (Å²) in [6.45, 7) is 2.06. The van der Waals surface area contributed by atoms with Gasteiger partial charge in [-0.1, -0.05) is 6.07 Å². The van der Waals surface area contributed by atoms with Gasteiger partial charge in [0, 0.05) is 13.2 Å². The van der Waals surface area contributed by atoms with Crippen molar-refractivity contribution in [3.63, 3.8) is 0 Å². The molecule has 0 fully saturated rings. The Labute approximate surface area is 92.6 Å². The minimum Gasteiger partial charge on any atom is -0.310 e. The van der Waals surface area contributed by atoms with E-state index in [9.17, 15) is 4.79 Å². The fourth-order valence-corrected chi connectivity index (χ4v) is 2.16. The lowest BCUT2D eigenvalue weighted by molar-refractivity contribution is 0.900. The maximum absolute atomic E-state index is 12.0. The van der Waals surface area contributed by atoms with Crippen molar-refractivity contribution in [2.45, 2.75) is 6.92 Å². The molecule has 0 atom stereocenters. The minimum absolute atomic E-state index is 0.0429. The largest absolute Gasteiger partial charge is 0.310 e. The van der Waals surface area contributed by atoms with Crippen LogP contribution in [0.15, 0.2) is 41.3 Å². The number of nitrogens with zero attached hydrogens (tertiary/aromatic N) is 2. The highest BCUT2D eigenvalue weighted by Gasteiger charge is 2.07. The average molecular weight is 212 g/mol. The number of aryl methyl sites for hydroxylation is 2. The molecule has 0 aliphatic heterocycles. The maximum atomic E-state index is 12.0. The SMILES string of the molecule is Cc1ccc2c(c1)n1cccc1c(=O)n2C. The van der Waals surface area contributed by atoms with Gasteiger partial charge in [-0.15, -0.1) is 0 Å². The summed E-state index contributed by atoms with van der Waals surface area (Å²) in [4.78, 5) is 12.0. The molecule has 0 spiro atoms. The highest BCUT2D eigenvalue weighted by atomic mass is 16.1. The summed E-state index contributed by atoms with van der Waals surface area (Å²) >= 11 is 0. The van der Waals surface area contributed by atoms with Crippen molar-refractivity contribution in [3.05, 3.63) is 52.4 Å². The Morgan fingerprint density at radius 3 is 2.69 bits per heavy atom. The molecule has 0 saturated heterocycles. The lowest BCUT2D eigenvalue weighted by atomic mass is 10.2. The molecule has 0 unspecified atom stereocenters. The normalized spacial score (nSPS) is 11.4. The van der Waals surface area contributed by atoms with Crippen LogP contribution >= 0.6 is 0 Å². The van der Waals surface area contributed by atoms with Crippen LogP contribution < -0.4 is 5.56 Å². The molecule has 0 N–H and O–H groups in total. The smallest absolute Gasteiger partial charge is 0.275 e. The average Bonchev–Trinajstić information content (AvgIpc) is 2.75. The van der Waals surface area contributed by atoms with Crippen LogP contribution in [0.3, 0.4) is 0 Å². The van der Waals surface area contributed by atoms with Crippen molar-refractivity contribution < 1.29 is 0 Å². The van der Waals surface area contributed by atoms with E-state index < -0.39 is 0 Å². The molecule has 0 bridgehead atoms. The standard InChI is InChI=1S/C13H12N2O/c1-9-5-6-10-12(8-9)15-7-3-4-11(15)13(16)14(10)2/h3-8H,1-2H3. The summed E-state index contributed by atoms with van der Waals surface area (Å²) in [5.74, 6) is 0. The van der Waals surface area contributed by atoms with Crippen molar-refractivity contribution in [1.82, 2.24) is 8.97 Å². The van der Waals surface area contributed by atoms with Crippen LogP contribution in [0.4, 0.5) is 0 Å². The van der Waals surface area contributed by atoms with Gasteiger partial charge < -0.3 is 8.97 Å². The van der Waals surface area contributed by atoms with Gasteiger partial charge in [-0.05, 0) is 36.8 Å². The monoisotopic (exact) mass is 212 g/mol. The molecule has 0 radical (unpaired) electrons. The number of rotatable bonds is 0. The minimum atomic E-state index is 0.0429. The first-order valence-corrected chi connectivity index (χ1v) is 5.25. The molecule has 3 rings (SSSR count). The van der Waals surface area contributed by atoms with E-state index in [1.54, 1.807) is 4.57 Å². The summed E-state index contributed by atoms with van der Waals surface area (Å²) in [5, 5.41) is 0. The van der Waals surface area contributed by atoms with Gasteiger partial charge in [-0.3, -0.25) is 4.79 Å². The van der Waals surface area contributed by atoms with Crippen LogP contribution in [0.5, 0.6) is 0 Å². The molecule has 1 aromatic carbocycles. The predicted molar refractivity (Wildman–Crippen MR) is 64.9 cm³/mol. The molecule has 2 heterocycles. The Morgan fingerprint density at radius 1 is 1.06 bits per heavy atom. The summed E-state index contributed by atoms with van der Waals surface area (Å²) < 4.78 is 3.65. The molecule has 3 nitrogen and oxygen atoms in total. The molecule has 0 saturated carbocycles. The molecule has 80 valence electrons. The Bertz CT molecular complexity index is 750.